The predicted octanol–water partition coefficient (Wildman–Crippen LogP) is 2.93. The smallest absolute Gasteiger partial charge is 0.290 e. The summed E-state index contributed by atoms with van der Waals surface area (Å²) in [5.41, 5.74) is 0.594. The molecule has 3 amide bonds. The summed E-state index contributed by atoms with van der Waals surface area (Å²) >= 11 is 1.25. The van der Waals surface area contributed by atoms with Crippen molar-refractivity contribution in [1.29, 1.82) is 0 Å². The second kappa shape index (κ2) is 10.8. The van der Waals surface area contributed by atoms with Gasteiger partial charge in [-0.3, -0.25) is 14.4 Å². The fourth-order valence-electron chi connectivity index (χ4n) is 2.59. The quantitative estimate of drug-likeness (QED) is 0.615. The highest BCUT2D eigenvalue weighted by Crippen LogP contribution is 2.16. The van der Waals surface area contributed by atoms with Gasteiger partial charge in [-0.2, -0.15) is 0 Å². The molecule has 1 atom stereocenters. The molecule has 0 spiro atoms. The lowest BCUT2D eigenvalue weighted by Crippen LogP contribution is -2.40. The Balaban J connectivity index is 1.93. The van der Waals surface area contributed by atoms with Gasteiger partial charge >= 0.3 is 0 Å². The third-order valence-electron chi connectivity index (χ3n) is 4.10. The van der Waals surface area contributed by atoms with E-state index in [0.29, 0.717) is 17.4 Å². The summed E-state index contributed by atoms with van der Waals surface area (Å²) in [5, 5.41) is 7.73. The molecule has 9 heteroatoms. The van der Waals surface area contributed by atoms with Crippen LogP contribution in [0.15, 0.2) is 28.2 Å². The van der Waals surface area contributed by atoms with Crippen LogP contribution in [0.3, 0.4) is 0 Å². The van der Waals surface area contributed by atoms with Crippen molar-refractivity contribution in [3.05, 3.63) is 35.2 Å². The largest absolute Gasteiger partial charge is 0.459 e. The van der Waals surface area contributed by atoms with E-state index in [2.05, 4.69) is 15.6 Å². The molecule has 1 unspecified atom stereocenters. The Bertz CT molecular complexity index is 816. The fourth-order valence-corrected chi connectivity index (χ4v) is 3.31. The number of amides is 3. The van der Waals surface area contributed by atoms with E-state index >= 15 is 0 Å². The Morgan fingerprint density at radius 3 is 2.62 bits per heavy atom. The van der Waals surface area contributed by atoms with Crippen LogP contribution in [0.25, 0.3) is 0 Å². The van der Waals surface area contributed by atoms with E-state index in [4.69, 9.17) is 4.42 Å². The zero-order valence-electron chi connectivity index (χ0n) is 17.2. The number of anilines is 1. The minimum Gasteiger partial charge on any atom is -0.459 e. The molecule has 2 heterocycles. The molecule has 2 rings (SSSR count). The summed E-state index contributed by atoms with van der Waals surface area (Å²) in [4.78, 5) is 42.7. The van der Waals surface area contributed by atoms with Gasteiger partial charge in [0.15, 0.2) is 10.9 Å². The van der Waals surface area contributed by atoms with Crippen LogP contribution in [-0.4, -0.2) is 46.7 Å². The Hall–Kier alpha value is -2.68. The average molecular weight is 421 g/mol. The first-order valence-electron chi connectivity index (χ1n) is 9.64. The number of furan rings is 1. The molecule has 0 aromatic carbocycles. The number of carbonyl (C=O) groups is 3. The third-order valence-corrected chi connectivity index (χ3v) is 4.91. The topological polar surface area (TPSA) is 105 Å². The van der Waals surface area contributed by atoms with Crippen LogP contribution in [0.1, 0.15) is 50.4 Å². The standard InChI is InChI=1S/C20H28N4O4S/c1-5-14(4)21-17(25)9-15-12-29-20(22-15)23-18(26)11-24(10-13(2)3)19(27)16-7-6-8-28-16/h6-8,12-14H,5,9-11H2,1-4H3,(H,21,25)(H,22,23,26). The molecule has 0 fully saturated rings. The van der Waals surface area contributed by atoms with Crippen molar-refractivity contribution in [3.8, 4) is 0 Å². The summed E-state index contributed by atoms with van der Waals surface area (Å²) in [5.74, 6) is -0.398. The first kappa shape index (κ1) is 22.6. The van der Waals surface area contributed by atoms with E-state index < -0.39 is 0 Å². The van der Waals surface area contributed by atoms with Gasteiger partial charge in [-0.15, -0.1) is 11.3 Å². The van der Waals surface area contributed by atoms with Gasteiger partial charge in [-0.05, 0) is 31.4 Å². The second-order valence-electron chi connectivity index (χ2n) is 7.30. The molecule has 2 aromatic rings. The predicted molar refractivity (Wildman–Crippen MR) is 112 cm³/mol. The molecule has 2 aromatic heterocycles. The number of hydrogen-bond donors (Lipinski definition) is 2. The summed E-state index contributed by atoms with van der Waals surface area (Å²) in [7, 11) is 0. The van der Waals surface area contributed by atoms with Gasteiger partial charge in [0.05, 0.1) is 18.4 Å². The normalized spacial score (nSPS) is 11.9. The average Bonchev–Trinajstić information content (AvgIpc) is 3.32. The van der Waals surface area contributed by atoms with Crippen LogP contribution in [0.5, 0.6) is 0 Å². The third kappa shape index (κ3) is 7.34. The van der Waals surface area contributed by atoms with Gasteiger partial charge in [0.1, 0.15) is 6.54 Å². The maximum atomic E-state index is 12.6. The van der Waals surface area contributed by atoms with Crippen LogP contribution < -0.4 is 10.6 Å². The summed E-state index contributed by atoms with van der Waals surface area (Å²) in [6.45, 7) is 8.20. The van der Waals surface area contributed by atoms with Crippen molar-refractivity contribution in [2.45, 2.75) is 46.6 Å². The van der Waals surface area contributed by atoms with E-state index in [0.717, 1.165) is 6.42 Å². The Kier molecular flexibility index (Phi) is 8.38. The highest BCUT2D eigenvalue weighted by molar-refractivity contribution is 7.13. The van der Waals surface area contributed by atoms with Gasteiger partial charge < -0.3 is 20.0 Å². The number of carbonyl (C=O) groups excluding carboxylic acids is 3. The fraction of sp³-hybridized carbons (Fsp3) is 0.500. The Morgan fingerprint density at radius 1 is 1.24 bits per heavy atom. The number of nitrogens with zero attached hydrogens (tertiary/aromatic N) is 2. The van der Waals surface area contributed by atoms with E-state index in [1.165, 1.54) is 22.5 Å². The van der Waals surface area contributed by atoms with Crippen molar-refractivity contribution in [1.82, 2.24) is 15.2 Å². The molecule has 0 radical (unpaired) electrons. The minimum atomic E-state index is -0.351. The molecule has 158 valence electrons. The van der Waals surface area contributed by atoms with Crippen molar-refractivity contribution in [2.75, 3.05) is 18.4 Å². The number of thiazole rings is 1. The molecule has 8 nitrogen and oxygen atoms in total. The SMILES string of the molecule is CCC(C)NC(=O)Cc1csc(NC(=O)CN(CC(C)C)C(=O)c2ccco2)n1. The molecule has 0 saturated carbocycles. The van der Waals surface area contributed by atoms with Crippen LogP contribution in [0.2, 0.25) is 0 Å². The molecule has 0 aliphatic heterocycles. The van der Waals surface area contributed by atoms with Crippen molar-refractivity contribution >= 4 is 34.2 Å². The van der Waals surface area contributed by atoms with Gasteiger partial charge in [-0.25, -0.2) is 4.98 Å². The molecule has 0 aliphatic carbocycles. The van der Waals surface area contributed by atoms with Gasteiger partial charge in [0.2, 0.25) is 11.8 Å². The summed E-state index contributed by atoms with van der Waals surface area (Å²) in [6.07, 6.45) is 2.44. The monoisotopic (exact) mass is 420 g/mol. The molecule has 2 N–H and O–H groups in total. The van der Waals surface area contributed by atoms with E-state index in [1.807, 2.05) is 27.7 Å². The van der Waals surface area contributed by atoms with E-state index in [9.17, 15) is 14.4 Å². The lowest BCUT2D eigenvalue weighted by atomic mass is 10.2. The Labute approximate surface area is 174 Å². The first-order valence-corrected chi connectivity index (χ1v) is 10.5. The van der Waals surface area contributed by atoms with Gasteiger partial charge in [0.25, 0.3) is 5.91 Å². The van der Waals surface area contributed by atoms with Gasteiger partial charge in [-0.1, -0.05) is 20.8 Å². The minimum absolute atomic E-state index is 0.102. The lowest BCUT2D eigenvalue weighted by molar-refractivity contribution is -0.121. The van der Waals surface area contributed by atoms with Crippen molar-refractivity contribution in [3.63, 3.8) is 0 Å². The van der Waals surface area contributed by atoms with Crippen LogP contribution in [0.4, 0.5) is 5.13 Å². The molecule has 0 bridgehead atoms. The number of aromatic nitrogens is 1. The molecule has 0 aliphatic rings. The van der Waals surface area contributed by atoms with Crippen molar-refractivity contribution < 1.29 is 18.8 Å². The Morgan fingerprint density at radius 2 is 2.00 bits per heavy atom. The lowest BCUT2D eigenvalue weighted by Gasteiger charge is -2.22. The van der Waals surface area contributed by atoms with Crippen molar-refractivity contribution in [2.24, 2.45) is 5.92 Å². The molecule has 29 heavy (non-hydrogen) atoms. The summed E-state index contributed by atoms with van der Waals surface area (Å²) in [6, 6.07) is 3.32. The molecular formula is C20H28N4O4S. The van der Waals surface area contributed by atoms with Crippen LogP contribution in [0, 0.1) is 5.92 Å². The number of hydrogen-bond acceptors (Lipinski definition) is 6. The summed E-state index contributed by atoms with van der Waals surface area (Å²) < 4.78 is 5.16. The zero-order chi connectivity index (χ0) is 21.4. The van der Waals surface area contributed by atoms with Crippen LogP contribution >= 0.6 is 11.3 Å². The highest BCUT2D eigenvalue weighted by Gasteiger charge is 2.22. The first-order chi connectivity index (χ1) is 13.8. The van der Waals surface area contributed by atoms with E-state index in [-0.39, 0.29) is 48.4 Å². The maximum absolute atomic E-state index is 12.6. The zero-order valence-corrected chi connectivity index (χ0v) is 18.0. The second-order valence-corrected chi connectivity index (χ2v) is 8.16. The number of nitrogens with one attached hydrogen (secondary N) is 2. The maximum Gasteiger partial charge on any atom is 0.290 e. The highest BCUT2D eigenvalue weighted by atomic mass is 32.1. The molecular weight excluding hydrogens is 392 g/mol. The number of rotatable bonds is 10. The van der Waals surface area contributed by atoms with E-state index in [1.54, 1.807) is 17.5 Å². The van der Waals surface area contributed by atoms with Crippen LogP contribution in [-0.2, 0) is 16.0 Å². The van der Waals surface area contributed by atoms with Gasteiger partial charge in [0, 0.05) is 18.0 Å². The molecule has 0 saturated heterocycles.